The lowest BCUT2D eigenvalue weighted by Gasteiger charge is -2.20. The average Bonchev–Trinajstić information content (AvgIpc) is 3.46. The van der Waals surface area contributed by atoms with Gasteiger partial charge in [0.25, 0.3) is 0 Å². The topological polar surface area (TPSA) is 95.9 Å². The Kier molecular flexibility index (Phi) is 67.9. The van der Waals surface area contributed by atoms with Crippen LogP contribution < -0.4 is 5.32 Å². The van der Waals surface area contributed by atoms with E-state index in [0.29, 0.717) is 19.4 Å². The van der Waals surface area contributed by atoms with E-state index in [4.69, 9.17) is 4.74 Å². The number of ether oxygens (including phenoxy) is 1. The summed E-state index contributed by atoms with van der Waals surface area (Å²) in [6.07, 6.45) is 89.4. The first-order valence-corrected chi connectivity index (χ1v) is 36.3. The van der Waals surface area contributed by atoms with Crippen LogP contribution in [0.25, 0.3) is 0 Å². The summed E-state index contributed by atoms with van der Waals surface area (Å²) in [6.45, 7) is 4.94. The number of carbonyl (C=O) groups is 2. The molecule has 0 aliphatic heterocycles. The smallest absolute Gasteiger partial charge is 0.305 e. The molecular formula is C74H141NO5. The van der Waals surface area contributed by atoms with E-state index in [0.717, 1.165) is 44.9 Å². The van der Waals surface area contributed by atoms with Gasteiger partial charge >= 0.3 is 5.97 Å². The van der Waals surface area contributed by atoms with Crippen molar-refractivity contribution in [1.29, 1.82) is 0 Å². The molecular weight excluding hydrogens is 983 g/mol. The zero-order chi connectivity index (χ0) is 57.8. The van der Waals surface area contributed by atoms with Crippen LogP contribution in [0.1, 0.15) is 399 Å². The van der Waals surface area contributed by atoms with Gasteiger partial charge in [-0.05, 0) is 64.2 Å². The molecule has 0 spiro atoms. The molecule has 0 bridgehead atoms. The Morgan fingerprint density at radius 2 is 0.625 bits per heavy atom. The third kappa shape index (κ3) is 65.2. The van der Waals surface area contributed by atoms with Crippen molar-refractivity contribution in [2.24, 2.45) is 0 Å². The van der Waals surface area contributed by atoms with Gasteiger partial charge in [0, 0.05) is 12.8 Å². The van der Waals surface area contributed by atoms with Gasteiger partial charge in [-0.1, -0.05) is 359 Å². The van der Waals surface area contributed by atoms with Crippen LogP contribution in [-0.4, -0.2) is 47.4 Å². The number of allylic oxidation sites excluding steroid dienone is 5. The van der Waals surface area contributed by atoms with Crippen molar-refractivity contribution >= 4 is 11.9 Å². The minimum absolute atomic E-state index is 0.0128. The first-order valence-electron chi connectivity index (χ1n) is 36.3. The zero-order valence-electron chi connectivity index (χ0n) is 54.1. The van der Waals surface area contributed by atoms with Crippen molar-refractivity contribution in [3.8, 4) is 0 Å². The van der Waals surface area contributed by atoms with Gasteiger partial charge in [0.05, 0.1) is 25.4 Å². The van der Waals surface area contributed by atoms with Gasteiger partial charge in [-0.3, -0.25) is 9.59 Å². The van der Waals surface area contributed by atoms with E-state index in [1.807, 2.05) is 6.08 Å². The monoisotopic (exact) mass is 1120 g/mol. The fraction of sp³-hybridized carbons (Fsp3) is 0.892. The third-order valence-electron chi connectivity index (χ3n) is 16.9. The standard InChI is InChI=1S/C74H141NO5/c1-3-5-7-9-11-13-15-17-18-19-20-21-31-34-37-40-43-46-50-54-58-62-66-72(77)71(70-76)75-73(78)67-63-59-55-51-47-44-41-38-35-32-29-27-25-23-22-24-26-28-30-33-36-39-42-45-49-53-57-61-65-69-80-74(79)68-64-60-56-52-48-16-14-12-10-8-6-4-2/h22,24,28,30,62,66,71-72,76-77H,3-21,23,25-27,29,31-61,63-65,67-70H2,1-2H3,(H,75,78)/b24-22-,30-28-,66-62+. The molecule has 472 valence electrons. The fourth-order valence-corrected chi connectivity index (χ4v) is 11.4. The number of nitrogens with one attached hydrogen (secondary N) is 1. The second-order valence-corrected chi connectivity index (χ2v) is 24.9. The highest BCUT2D eigenvalue weighted by atomic mass is 16.5. The summed E-state index contributed by atoms with van der Waals surface area (Å²) in [5, 5.41) is 23.3. The molecule has 2 unspecified atom stereocenters. The quantitative estimate of drug-likeness (QED) is 0.0320. The minimum Gasteiger partial charge on any atom is -0.466 e. The van der Waals surface area contributed by atoms with Crippen LogP contribution in [0, 0.1) is 0 Å². The summed E-state index contributed by atoms with van der Waals surface area (Å²) in [4.78, 5) is 24.6. The van der Waals surface area contributed by atoms with E-state index >= 15 is 0 Å². The molecule has 0 aliphatic rings. The largest absolute Gasteiger partial charge is 0.466 e. The lowest BCUT2D eigenvalue weighted by atomic mass is 10.0. The summed E-state index contributed by atoms with van der Waals surface area (Å²) in [5.74, 6) is -0.0522. The van der Waals surface area contributed by atoms with Gasteiger partial charge in [0.15, 0.2) is 0 Å². The number of hydrogen-bond donors (Lipinski definition) is 3. The molecule has 0 heterocycles. The number of esters is 1. The number of aliphatic hydroxyl groups is 2. The zero-order valence-corrected chi connectivity index (χ0v) is 54.1. The van der Waals surface area contributed by atoms with Crippen LogP contribution in [0.5, 0.6) is 0 Å². The molecule has 0 aromatic heterocycles. The number of hydrogen-bond acceptors (Lipinski definition) is 5. The molecule has 0 saturated carbocycles. The van der Waals surface area contributed by atoms with Crippen LogP contribution in [0.2, 0.25) is 0 Å². The Balaban J connectivity index is 3.43. The van der Waals surface area contributed by atoms with Gasteiger partial charge in [-0.15, -0.1) is 0 Å². The van der Waals surface area contributed by atoms with E-state index < -0.39 is 12.1 Å². The number of unbranched alkanes of at least 4 members (excludes halogenated alkanes) is 53. The van der Waals surface area contributed by atoms with E-state index in [1.165, 1.54) is 327 Å². The van der Waals surface area contributed by atoms with Gasteiger partial charge in [-0.25, -0.2) is 0 Å². The highest BCUT2D eigenvalue weighted by molar-refractivity contribution is 5.76. The molecule has 80 heavy (non-hydrogen) atoms. The van der Waals surface area contributed by atoms with E-state index in [1.54, 1.807) is 6.08 Å². The summed E-state index contributed by atoms with van der Waals surface area (Å²) in [6, 6.07) is -0.630. The van der Waals surface area contributed by atoms with Crippen molar-refractivity contribution in [2.75, 3.05) is 13.2 Å². The highest BCUT2D eigenvalue weighted by Gasteiger charge is 2.18. The van der Waals surface area contributed by atoms with Crippen molar-refractivity contribution < 1.29 is 24.5 Å². The maximum Gasteiger partial charge on any atom is 0.305 e. The molecule has 6 nitrogen and oxygen atoms in total. The van der Waals surface area contributed by atoms with Crippen LogP contribution in [0.15, 0.2) is 36.5 Å². The fourth-order valence-electron chi connectivity index (χ4n) is 11.4. The molecule has 1 amide bonds. The molecule has 6 heteroatoms. The van der Waals surface area contributed by atoms with E-state index in [-0.39, 0.29) is 18.5 Å². The van der Waals surface area contributed by atoms with E-state index in [9.17, 15) is 19.8 Å². The Hall–Kier alpha value is -1.92. The third-order valence-corrected chi connectivity index (χ3v) is 16.9. The lowest BCUT2D eigenvalue weighted by Crippen LogP contribution is -2.45. The average molecular weight is 1120 g/mol. The maximum atomic E-state index is 12.5. The number of aliphatic hydroxyl groups excluding tert-OH is 2. The van der Waals surface area contributed by atoms with Gasteiger partial charge < -0.3 is 20.3 Å². The second-order valence-electron chi connectivity index (χ2n) is 24.9. The van der Waals surface area contributed by atoms with Gasteiger partial charge in [-0.2, -0.15) is 0 Å². The molecule has 0 fully saturated rings. The van der Waals surface area contributed by atoms with Crippen molar-refractivity contribution in [1.82, 2.24) is 5.32 Å². The maximum absolute atomic E-state index is 12.5. The highest BCUT2D eigenvalue weighted by Crippen LogP contribution is 2.19. The Morgan fingerprint density at radius 3 is 0.950 bits per heavy atom. The lowest BCUT2D eigenvalue weighted by molar-refractivity contribution is -0.143. The van der Waals surface area contributed by atoms with Crippen LogP contribution >= 0.6 is 0 Å². The van der Waals surface area contributed by atoms with Crippen molar-refractivity contribution in [3.63, 3.8) is 0 Å². The molecule has 0 rings (SSSR count). The first-order chi connectivity index (χ1) is 39.5. The van der Waals surface area contributed by atoms with Crippen LogP contribution in [0.4, 0.5) is 0 Å². The second kappa shape index (κ2) is 69.6. The Bertz CT molecular complexity index is 1300. The Morgan fingerprint density at radius 1 is 0.350 bits per heavy atom. The summed E-state index contributed by atoms with van der Waals surface area (Å²) in [7, 11) is 0. The number of rotatable bonds is 68. The van der Waals surface area contributed by atoms with Gasteiger partial charge in [0.1, 0.15) is 0 Å². The normalized spacial score (nSPS) is 12.7. The number of amides is 1. The van der Waals surface area contributed by atoms with E-state index in [2.05, 4.69) is 43.5 Å². The van der Waals surface area contributed by atoms with Crippen molar-refractivity contribution in [3.05, 3.63) is 36.5 Å². The van der Waals surface area contributed by atoms with Crippen LogP contribution in [0.3, 0.4) is 0 Å². The minimum atomic E-state index is -0.847. The predicted octanol–water partition coefficient (Wildman–Crippen LogP) is 23.5. The number of carbonyl (C=O) groups excluding carboxylic acids is 2. The predicted molar refractivity (Wildman–Crippen MR) is 352 cm³/mol. The molecule has 0 saturated heterocycles. The van der Waals surface area contributed by atoms with Gasteiger partial charge in [0.2, 0.25) is 5.91 Å². The van der Waals surface area contributed by atoms with Crippen LogP contribution in [-0.2, 0) is 14.3 Å². The summed E-state index contributed by atoms with van der Waals surface area (Å²) in [5.41, 5.74) is 0. The first kappa shape index (κ1) is 78.1. The Labute approximate surface area is 500 Å². The molecule has 2 atom stereocenters. The molecule has 0 aromatic carbocycles. The molecule has 0 aromatic rings. The molecule has 3 N–H and O–H groups in total. The SMILES string of the molecule is CCCCCCCCCCCCCCCCCCCCCC/C=C/C(O)C(CO)NC(=O)CCCCCCCCCCCCCCC/C=C\C/C=C\CCCCCCCCCCCOC(=O)CCCCCCCCCCCCCC. The molecule has 0 aliphatic carbocycles. The van der Waals surface area contributed by atoms with Crippen molar-refractivity contribution in [2.45, 2.75) is 411 Å². The molecule has 0 radical (unpaired) electrons. The summed E-state index contributed by atoms with van der Waals surface area (Å²) < 4.78 is 5.48. The summed E-state index contributed by atoms with van der Waals surface area (Å²) >= 11 is 0.